The van der Waals surface area contributed by atoms with E-state index < -0.39 is 11.8 Å². The third-order valence-corrected chi connectivity index (χ3v) is 2.20. The highest BCUT2D eigenvalue weighted by molar-refractivity contribution is 5.95. The first-order chi connectivity index (χ1) is 9.12. The molecule has 1 aromatic rings. The lowest BCUT2D eigenvalue weighted by atomic mass is 10.1. The molecule has 0 amide bonds. The summed E-state index contributed by atoms with van der Waals surface area (Å²) < 4.78 is 17.6. The van der Waals surface area contributed by atoms with E-state index in [0.29, 0.717) is 5.69 Å². The number of hydrogen-bond donors (Lipinski definition) is 1. The molecule has 0 unspecified atom stereocenters. The summed E-state index contributed by atoms with van der Waals surface area (Å²) >= 11 is 0. The Hall–Kier alpha value is -2.86. The smallest absolute Gasteiger partial charge is 0.340 e. The maximum absolute atomic E-state index is 13.1. The molecule has 6 heteroatoms. The highest BCUT2D eigenvalue weighted by atomic mass is 19.1. The van der Waals surface area contributed by atoms with Gasteiger partial charge in [0.05, 0.1) is 42.5 Å². The van der Waals surface area contributed by atoms with Crippen LogP contribution in [0.4, 0.5) is 10.1 Å². The van der Waals surface area contributed by atoms with E-state index in [2.05, 4.69) is 10.1 Å². The van der Waals surface area contributed by atoms with Crippen molar-refractivity contribution in [2.24, 2.45) is 0 Å². The zero-order chi connectivity index (χ0) is 14.3. The maximum Gasteiger partial charge on any atom is 0.340 e. The van der Waals surface area contributed by atoms with Gasteiger partial charge < -0.3 is 10.1 Å². The van der Waals surface area contributed by atoms with Crippen LogP contribution in [0.5, 0.6) is 0 Å². The molecule has 0 aliphatic carbocycles. The van der Waals surface area contributed by atoms with Gasteiger partial charge in [0.15, 0.2) is 0 Å². The van der Waals surface area contributed by atoms with Gasteiger partial charge in [-0.2, -0.15) is 10.5 Å². The lowest BCUT2D eigenvalue weighted by Crippen LogP contribution is -2.06. The van der Waals surface area contributed by atoms with E-state index in [4.69, 9.17) is 10.5 Å². The molecule has 0 spiro atoms. The monoisotopic (exact) mass is 259 g/mol. The molecule has 0 saturated carbocycles. The van der Waals surface area contributed by atoms with Gasteiger partial charge in [-0.05, 0) is 18.2 Å². The minimum atomic E-state index is -0.700. The highest BCUT2D eigenvalue weighted by Crippen LogP contribution is 2.18. The van der Waals surface area contributed by atoms with Gasteiger partial charge in [0.1, 0.15) is 5.82 Å². The average Bonchev–Trinajstić information content (AvgIpc) is 2.43. The van der Waals surface area contributed by atoms with E-state index in [-0.39, 0.29) is 17.6 Å². The lowest BCUT2D eigenvalue weighted by molar-refractivity contribution is 0.0601. The molecule has 1 aromatic carbocycles. The van der Waals surface area contributed by atoms with Crippen molar-refractivity contribution in [3.63, 3.8) is 0 Å². The van der Waals surface area contributed by atoms with Crippen molar-refractivity contribution in [1.82, 2.24) is 0 Å². The molecule has 0 aliphatic rings. The Bertz CT molecular complexity index is 597. The average molecular weight is 259 g/mol. The van der Waals surface area contributed by atoms with E-state index in [1.165, 1.54) is 25.4 Å². The summed E-state index contributed by atoms with van der Waals surface area (Å²) in [7, 11) is 1.18. The predicted molar refractivity (Wildman–Crippen MR) is 65.3 cm³/mol. The van der Waals surface area contributed by atoms with Crippen LogP contribution in [0.25, 0.3) is 0 Å². The number of halogens is 1. The van der Waals surface area contributed by atoms with Gasteiger partial charge in [0, 0.05) is 6.20 Å². The molecular formula is C13H10FN3O2. The molecule has 0 saturated heterocycles. The summed E-state index contributed by atoms with van der Waals surface area (Å²) in [6, 6.07) is 7.20. The van der Waals surface area contributed by atoms with Crippen LogP contribution in [0.15, 0.2) is 30.0 Å². The molecule has 0 heterocycles. The van der Waals surface area contributed by atoms with Crippen molar-refractivity contribution in [2.75, 3.05) is 12.4 Å². The second kappa shape index (κ2) is 6.77. The molecule has 19 heavy (non-hydrogen) atoms. The molecule has 0 aromatic heterocycles. The van der Waals surface area contributed by atoms with Gasteiger partial charge in [-0.25, -0.2) is 9.18 Å². The molecule has 0 fully saturated rings. The van der Waals surface area contributed by atoms with Crippen LogP contribution in [-0.2, 0) is 4.74 Å². The molecule has 5 nitrogen and oxygen atoms in total. The van der Waals surface area contributed by atoms with E-state index in [9.17, 15) is 9.18 Å². The van der Waals surface area contributed by atoms with Gasteiger partial charge in [-0.3, -0.25) is 0 Å². The van der Waals surface area contributed by atoms with Crippen LogP contribution < -0.4 is 5.32 Å². The number of benzene rings is 1. The van der Waals surface area contributed by atoms with Crippen LogP contribution in [0.2, 0.25) is 0 Å². The maximum atomic E-state index is 13.1. The first-order valence-corrected chi connectivity index (χ1v) is 5.23. The number of nitriles is 2. The van der Waals surface area contributed by atoms with Crippen molar-refractivity contribution < 1.29 is 13.9 Å². The molecule has 0 bridgehead atoms. The van der Waals surface area contributed by atoms with Crippen molar-refractivity contribution in [2.45, 2.75) is 6.42 Å². The Labute approximate surface area is 109 Å². The highest BCUT2D eigenvalue weighted by Gasteiger charge is 2.12. The quantitative estimate of drug-likeness (QED) is 0.662. The Morgan fingerprint density at radius 3 is 2.84 bits per heavy atom. The molecular weight excluding hydrogens is 249 g/mol. The standard InChI is InChI=1S/C13H10FN3O2/c1-19-13(18)11-6-10(14)2-3-12(11)17-8-9(7-16)4-5-15/h2-3,6,8,17H,4H2,1H3/b9-8+. The van der Waals surface area contributed by atoms with Crippen molar-refractivity contribution >= 4 is 11.7 Å². The first-order valence-electron chi connectivity index (χ1n) is 5.23. The molecule has 0 radical (unpaired) electrons. The summed E-state index contributed by atoms with van der Waals surface area (Å²) in [6.45, 7) is 0. The fraction of sp³-hybridized carbons (Fsp3) is 0.154. The topological polar surface area (TPSA) is 85.9 Å². The van der Waals surface area contributed by atoms with Crippen molar-refractivity contribution in [3.8, 4) is 12.1 Å². The molecule has 96 valence electrons. The van der Waals surface area contributed by atoms with E-state index in [1.54, 1.807) is 0 Å². The van der Waals surface area contributed by atoms with Crippen LogP contribution >= 0.6 is 0 Å². The summed E-state index contributed by atoms with van der Waals surface area (Å²) in [4.78, 5) is 11.5. The van der Waals surface area contributed by atoms with Crippen molar-refractivity contribution in [3.05, 3.63) is 41.4 Å². The number of carbonyl (C=O) groups excluding carboxylic acids is 1. The number of nitrogens with one attached hydrogen (secondary N) is 1. The van der Waals surface area contributed by atoms with E-state index in [0.717, 1.165) is 6.07 Å². The Balaban J connectivity index is 3.05. The molecule has 0 atom stereocenters. The first kappa shape index (κ1) is 14.2. The molecule has 1 rings (SSSR count). The number of anilines is 1. The van der Waals surface area contributed by atoms with Gasteiger partial charge >= 0.3 is 5.97 Å². The second-order valence-electron chi connectivity index (χ2n) is 3.44. The summed E-state index contributed by atoms with van der Waals surface area (Å²) in [6.07, 6.45) is 1.24. The Kier molecular flexibility index (Phi) is 5.06. The number of ether oxygens (including phenoxy) is 1. The minimum Gasteiger partial charge on any atom is -0.465 e. The van der Waals surface area contributed by atoms with Gasteiger partial charge in [0.2, 0.25) is 0 Å². The predicted octanol–water partition coefficient (Wildman–Crippen LogP) is 2.35. The lowest BCUT2D eigenvalue weighted by Gasteiger charge is -2.07. The fourth-order valence-electron chi connectivity index (χ4n) is 1.29. The van der Waals surface area contributed by atoms with E-state index >= 15 is 0 Å². The number of nitrogens with zero attached hydrogens (tertiary/aromatic N) is 2. The normalized spacial score (nSPS) is 10.2. The van der Waals surface area contributed by atoms with Crippen LogP contribution in [-0.4, -0.2) is 13.1 Å². The number of allylic oxidation sites excluding steroid dienone is 1. The third kappa shape index (κ3) is 3.83. The number of esters is 1. The molecule has 1 N–H and O–H groups in total. The van der Waals surface area contributed by atoms with Crippen LogP contribution in [0.3, 0.4) is 0 Å². The largest absolute Gasteiger partial charge is 0.465 e. The second-order valence-corrected chi connectivity index (χ2v) is 3.44. The van der Waals surface area contributed by atoms with Gasteiger partial charge in [-0.1, -0.05) is 0 Å². The van der Waals surface area contributed by atoms with Crippen molar-refractivity contribution in [1.29, 1.82) is 10.5 Å². The minimum absolute atomic E-state index is 0.00741. The molecule has 0 aliphatic heterocycles. The summed E-state index contributed by atoms with van der Waals surface area (Å²) in [5, 5.41) is 19.9. The fourth-order valence-corrected chi connectivity index (χ4v) is 1.29. The SMILES string of the molecule is COC(=O)c1cc(F)ccc1N/C=C(/C#N)CC#N. The summed E-state index contributed by atoms with van der Waals surface area (Å²) in [5.41, 5.74) is 0.495. The number of rotatable bonds is 4. The number of carbonyl (C=O) groups is 1. The number of hydrogen-bond acceptors (Lipinski definition) is 5. The Morgan fingerprint density at radius 2 is 2.26 bits per heavy atom. The van der Waals surface area contributed by atoms with Gasteiger partial charge in [-0.15, -0.1) is 0 Å². The Morgan fingerprint density at radius 1 is 1.53 bits per heavy atom. The zero-order valence-corrected chi connectivity index (χ0v) is 10.1. The summed E-state index contributed by atoms with van der Waals surface area (Å²) in [5.74, 6) is -1.28. The number of methoxy groups -OCH3 is 1. The zero-order valence-electron chi connectivity index (χ0n) is 10.1. The van der Waals surface area contributed by atoms with Crippen LogP contribution in [0.1, 0.15) is 16.8 Å². The van der Waals surface area contributed by atoms with E-state index in [1.807, 2.05) is 12.1 Å². The van der Waals surface area contributed by atoms with Crippen LogP contribution in [0, 0.1) is 28.5 Å². The van der Waals surface area contributed by atoms with Gasteiger partial charge in [0.25, 0.3) is 0 Å². The third-order valence-electron chi connectivity index (χ3n) is 2.20.